The zero-order valence-corrected chi connectivity index (χ0v) is 15.6. The highest BCUT2D eigenvalue weighted by molar-refractivity contribution is 5.76. The standard InChI is InChI=1S/C18H29N3O3/c1-17(2,3)16-19-12(24-20-16)7-8-13(22)21(6)14-11-9-10-23-15(11)18(14,4)5/h11,14-15H,7-10H2,1-6H3/t11-,14+,15+/m0/s1. The van der Waals surface area contributed by atoms with Crippen molar-refractivity contribution in [1.29, 1.82) is 0 Å². The third-order valence-corrected chi connectivity index (χ3v) is 5.54. The molecule has 2 fully saturated rings. The second-order valence-electron chi connectivity index (χ2n) is 8.78. The smallest absolute Gasteiger partial charge is 0.227 e. The van der Waals surface area contributed by atoms with Crippen LogP contribution in [-0.2, 0) is 21.4 Å². The Balaban J connectivity index is 1.58. The van der Waals surface area contributed by atoms with Crippen molar-refractivity contribution in [3.8, 4) is 0 Å². The Morgan fingerprint density at radius 3 is 2.71 bits per heavy atom. The summed E-state index contributed by atoms with van der Waals surface area (Å²) >= 11 is 0. The molecule has 1 aliphatic carbocycles. The Kier molecular flexibility index (Phi) is 4.22. The summed E-state index contributed by atoms with van der Waals surface area (Å²) in [7, 11) is 1.91. The van der Waals surface area contributed by atoms with E-state index in [0.29, 0.717) is 36.6 Å². The normalized spacial score (nSPS) is 28.3. The van der Waals surface area contributed by atoms with Crippen LogP contribution in [-0.4, -0.2) is 46.7 Å². The summed E-state index contributed by atoms with van der Waals surface area (Å²) in [4.78, 5) is 18.9. The summed E-state index contributed by atoms with van der Waals surface area (Å²) in [5.41, 5.74) is -0.120. The lowest BCUT2D eigenvalue weighted by Crippen LogP contribution is -2.66. The van der Waals surface area contributed by atoms with E-state index in [1.165, 1.54) is 0 Å². The maximum atomic E-state index is 12.6. The molecule has 2 aliphatic rings. The van der Waals surface area contributed by atoms with Gasteiger partial charge in [0.05, 0.1) is 6.10 Å². The minimum absolute atomic E-state index is 0.0233. The Morgan fingerprint density at radius 1 is 1.38 bits per heavy atom. The number of fused-ring (bicyclic) bond motifs is 1. The maximum Gasteiger partial charge on any atom is 0.227 e. The first kappa shape index (κ1) is 17.4. The van der Waals surface area contributed by atoms with Gasteiger partial charge in [-0.25, -0.2) is 0 Å². The zero-order chi connectivity index (χ0) is 17.7. The van der Waals surface area contributed by atoms with Crippen molar-refractivity contribution in [1.82, 2.24) is 15.0 Å². The molecule has 1 aliphatic heterocycles. The molecule has 24 heavy (non-hydrogen) atoms. The lowest BCUT2D eigenvalue weighted by Gasteiger charge is -2.57. The number of ether oxygens (including phenoxy) is 1. The number of hydrogen-bond donors (Lipinski definition) is 0. The number of carbonyl (C=O) groups is 1. The van der Waals surface area contributed by atoms with Crippen LogP contribution in [0.3, 0.4) is 0 Å². The topological polar surface area (TPSA) is 68.5 Å². The molecule has 0 radical (unpaired) electrons. The molecule has 0 N–H and O–H groups in total. The predicted molar refractivity (Wildman–Crippen MR) is 89.5 cm³/mol. The summed E-state index contributed by atoms with van der Waals surface area (Å²) in [6.45, 7) is 11.3. The second-order valence-corrected chi connectivity index (χ2v) is 8.78. The molecule has 1 aromatic rings. The minimum atomic E-state index is -0.143. The second kappa shape index (κ2) is 5.83. The van der Waals surface area contributed by atoms with Gasteiger partial charge in [0.25, 0.3) is 0 Å². The van der Waals surface area contributed by atoms with E-state index in [0.717, 1.165) is 13.0 Å². The lowest BCUT2D eigenvalue weighted by molar-refractivity contribution is -0.167. The molecule has 6 heteroatoms. The summed E-state index contributed by atoms with van der Waals surface area (Å²) in [6.07, 6.45) is 2.23. The fraction of sp³-hybridized carbons (Fsp3) is 0.833. The van der Waals surface area contributed by atoms with Crippen LogP contribution in [0.25, 0.3) is 0 Å². The monoisotopic (exact) mass is 335 g/mol. The molecule has 0 unspecified atom stereocenters. The molecule has 2 heterocycles. The largest absolute Gasteiger partial charge is 0.377 e. The average molecular weight is 335 g/mol. The van der Waals surface area contributed by atoms with E-state index in [9.17, 15) is 4.79 Å². The van der Waals surface area contributed by atoms with Crippen LogP contribution in [0.2, 0.25) is 0 Å². The van der Waals surface area contributed by atoms with Gasteiger partial charge in [0.1, 0.15) is 0 Å². The fourth-order valence-electron chi connectivity index (χ4n) is 4.29. The minimum Gasteiger partial charge on any atom is -0.377 e. The highest BCUT2D eigenvalue weighted by atomic mass is 16.5. The number of aromatic nitrogens is 2. The van der Waals surface area contributed by atoms with E-state index >= 15 is 0 Å². The third-order valence-electron chi connectivity index (χ3n) is 5.54. The quantitative estimate of drug-likeness (QED) is 0.846. The molecule has 0 bridgehead atoms. The Labute approximate surface area is 143 Å². The molecule has 0 aromatic carbocycles. The van der Waals surface area contributed by atoms with Crippen LogP contribution in [0, 0.1) is 11.3 Å². The lowest BCUT2D eigenvalue weighted by atomic mass is 9.57. The number of rotatable bonds is 4. The van der Waals surface area contributed by atoms with Crippen molar-refractivity contribution in [2.24, 2.45) is 11.3 Å². The molecule has 3 rings (SSSR count). The van der Waals surface area contributed by atoms with Crippen molar-refractivity contribution in [2.45, 2.75) is 71.4 Å². The summed E-state index contributed by atoms with van der Waals surface area (Å²) in [5, 5.41) is 4.01. The van der Waals surface area contributed by atoms with Gasteiger partial charge in [-0.2, -0.15) is 4.98 Å². The Bertz CT molecular complexity index is 617. The Morgan fingerprint density at radius 2 is 2.08 bits per heavy atom. The number of amides is 1. The van der Waals surface area contributed by atoms with Gasteiger partial charge in [-0.15, -0.1) is 0 Å². The van der Waals surface area contributed by atoms with Crippen LogP contribution in [0.5, 0.6) is 0 Å². The van der Waals surface area contributed by atoms with E-state index in [2.05, 4.69) is 24.0 Å². The number of aryl methyl sites for hydroxylation is 1. The highest BCUT2D eigenvalue weighted by Gasteiger charge is 2.61. The van der Waals surface area contributed by atoms with Crippen LogP contribution in [0.1, 0.15) is 59.2 Å². The van der Waals surface area contributed by atoms with Gasteiger partial charge in [-0.1, -0.05) is 39.8 Å². The van der Waals surface area contributed by atoms with E-state index in [4.69, 9.17) is 9.26 Å². The fourth-order valence-corrected chi connectivity index (χ4v) is 4.29. The molecule has 3 atom stereocenters. The predicted octanol–water partition coefficient (Wildman–Crippen LogP) is 2.57. The van der Waals surface area contributed by atoms with Crippen molar-refractivity contribution >= 4 is 5.91 Å². The van der Waals surface area contributed by atoms with Crippen molar-refractivity contribution in [3.05, 3.63) is 11.7 Å². The summed E-state index contributed by atoms with van der Waals surface area (Å²) in [6, 6.07) is 0.255. The van der Waals surface area contributed by atoms with Crippen LogP contribution in [0.15, 0.2) is 4.52 Å². The molecule has 1 amide bonds. The van der Waals surface area contributed by atoms with Gasteiger partial charge >= 0.3 is 0 Å². The molecule has 6 nitrogen and oxygen atoms in total. The maximum absolute atomic E-state index is 12.6. The molecule has 134 valence electrons. The van der Waals surface area contributed by atoms with E-state index in [-0.39, 0.29) is 22.8 Å². The third kappa shape index (κ3) is 2.85. The molecular weight excluding hydrogens is 306 g/mol. The average Bonchev–Trinajstić information content (AvgIpc) is 3.11. The zero-order valence-electron chi connectivity index (χ0n) is 15.6. The van der Waals surface area contributed by atoms with E-state index < -0.39 is 0 Å². The SMILES string of the molecule is CN(C(=O)CCc1nc(C(C)(C)C)no1)[C@@H]1[C@@H]2CCO[C@H]2C1(C)C. The number of hydrogen-bond acceptors (Lipinski definition) is 5. The number of carbonyl (C=O) groups excluding carboxylic acids is 1. The highest BCUT2D eigenvalue weighted by Crippen LogP contribution is 2.54. The van der Waals surface area contributed by atoms with Gasteiger partial charge in [0.15, 0.2) is 5.82 Å². The van der Waals surface area contributed by atoms with E-state index in [1.54, 1.807) is 0 Å². The first-order valence-electron chi connectivity index (χ1n) is 8.82. The van der Waals surface area contributed by atoms with Gasteiger partial charge in [-0.3, -0.25) is 4.79 Å². The van der Waals surface area contributed by atoms with Crippen molar-refractivity contribution in [2.75, 3.05) is 13.7 Å². The molecule has 1 aromatic heterocycles. The van der Waals surface area contributed by atoms with E-state index in [1.807, 2.05) is 32.7 Å². The first-order chi connectivity index (χ1) is 11.1. The summed E-state index contributed by atoms with van der Waals surface area (Å²) in [5.74, 6) is 1.83. The van der Waals surface area contributed by atoms with Crippen LogP contribution >= 0.6 is 0 Å². The van der Waals surface area contributed by atoms with Gasteiger partial charge < -0.3 is 14.2 Å². The van der Waals surface area contributed by atoms with Crippen LogP contribution < -0.4 is 0 Å². The first-order valence-corrected chi connectivity index (χ1v) is 8.82. The van der Waals surface area contributed by atoms with Crippen LogP contribution in [0.4, 0.5) is 0 Å². The molecule has 1 saturated carbocycles. The molecular formula is C18H29N3O3. The van der Waals surface area contributed by atoms with Gasteiger partial charge in [-0.05, 0) is 6.42 Å². The van der Waals surface area contributed by atoms with Crippen molar-refractivity contribution < 1.29 is 14.1 Å². The number of nitrogens with zero attached hydrogens (tertiary/aromatic N) is 3. The summed E-state index contributed by atoms with van der Waals surface area (Å²) < 4.78 is 11.1. The molecule has 0 spiro atoms. The van der Waals surface area contributed by atoms with Gasteiger partial charge in [0, 0.05) is 49.3 Å². The van der Waals surface area contributed by atoms with Gasteiger partial charge in [0.2, 0.25) is 11.8 Å². The van der Waals surface area contributed by atoms with Crippen molar-refractivity contribution in [3.63, 3.8) is 0 Å². The molecule has 1 saturated heterocycles. The Hall–Kier alpha value is -1.43.